The van der Waals surface area contributed by atoms with Crippen LogP contribution >= 0.6 is 23.2 Å². The number of benzene rings is 1. The minimum Gasteiger partial charge on any atom is -0.268 e. The molecule has 2 rings (SSSR count). The van der Waals surface area contributed by atoms with Gasteiger partial charge >= 0.3 is 0 Å². The number of carbonyl (C=O) groups is 2. The minimum atomic E-state index is -0.633. The van der Waals surface area contributed by atoms with Crippen molar-refractivity contribution < 1.29 is 14.0 Å². The molecule has 0 bridgehead atoms. The standard InChI is InChI=1S/C11H6Cl2FNO2/c12-8-9(13)11(17)15(10(8)16)5-6-1-3-7(14)4-2-6/h1-4H,5H2. The smallest absolute Gasteiger partial charge is 0.268 e. The van der Waals surface area contributed by atoms with Gasteiger partial charge < -0.3 is 0 Å². The molecular formula is C11H6Cl2FNO2. The number of carbonyl (C=O) groups excluding carboxylic acids is 2. The van der Waals surface area contributed by atoms with Gasteiger partial charge in [-0.05, 0) is 17.7 Å². The summed E-state index contributed by atoms with van der Waals surface area (Å²) in [6, 6.07) is 5.46. The summed E-state index contributed by atoms with van der Waals surface area (Å²) >= 11 is 11.1. The lowest BCUT2D eigenvalue weighted by Gasteiger charge is -2.13. The Morgan fingerprint density at radius 3 is 1.94 bits per heavy atom. The van der Waals surface area contributed by atoms with E-state index < -0.39 is 11.8 Å². The molecule has 2 amide bonds. The Labute approximate surface area is 106 Å². The summed E-state index contributed by atoms with van der Waals surface area (Å²) in [6.07, 6.45) is 0. The Kier molecular flexibility index (Phi) is 3.17. The first-order valence-electron chi connectivity index (χ1n) is 4.66. The average Bonchev–Trinajstić information content (AvgIpc) is 2.50. The minimum absolute atomic E-state index is 0.0182. The van der Waals surface area contributed by atoms with Crippen LogP contribution in [-0.4, -0.2) is 16.7 Å². The van der Waals surface area contributed by atoms with Crippen molar-refractivity contribution in [1.29, 1.82) is 0 Å². The summed E-state index contributed by atoms with van der Waals surface area (Å²) in [5.41, 5.74) is 0.615. The van der Waals surface area contributed by atoms with E-state index in [9.17, 15) is 14.0 Å². The molecule has 0 aromatic heterocycles. The number of hydrogen-bond acceptors (Lipinski definition) is 2. The lowest BCUT2D eigenvalue weighted by atomic mass is 10.2. The highest BCUT2D eigenvalue weighted by molar-refractivity contribution is 6.58. The topological polar surface area (TPSA) is 37.4 Å². The number of nitrogens with zero attached hydrogens (tertiary/aromatic N) is 1. The Hall–Kier alpha value is -1.39. The van der Waals surface area contributed by atoms with Gasteiger partial charge in [0.2, 0.25) is 0 Å². The maximum atomic E-state index is 12.7. The molecule has 3 nitrogen and oxygen atoms in total. The van der Waals surface area contributed by atoms with Crippen LogP contribution in [-0.2, 0) is 16.1 Å². The lowest BCUT2D eigenvalue weighted by Crippen LogP contribution is -2.30. The molecule has 17 heavy (non-hydrogen) atoms. The van der Waals surface area contributed by atoms with Crippen LogP contribution in [0.2, 0.25) is 0 Å². The van der Waals surface area contributed by atoms with Crippen molar-refractivity contribution in [2.24, 2.45) is 0 Å². The van der Waals surface area contributed by atoms with Crippen molar-refractivity contribution in [3.8, 4) is 0 Å². The second-order valence-electron chi connectivity index (χ2n) is 3.45. The van der Waals surface area contributed by atoms with E-state index in [-0.39, 0.29) is 22.4 Å². The second kappa shape index (κ2) is 4.47. The fourth-order valence-electron chi connectivity index (χ4n) is 1.43. The predicted octanol–water partition coefficient (Wildman–Crippen LogP) is 2.38. The van der Waals surface area contributed by atoms with Gasteiger partial charge in [-0.1, -0.05) is 35.3 Å². The van der Waals surface area contributed by atoms with Gasteiger partial charge in [0.1, 0.15) is 15.9 Å². The van der Waals surface area contributed by atoms with Gasteiger partial charge in [0.05, 0.1) is 6.54 Å². The van der Waals surface area contributed by atoms with Crippen LogP contribution in [0.5, 0.6) is 0 Å². The third kappa shape index (κ3) is 2.18. The summed E-state index contributed by atoms with van der Waals surface area (Å²) in [6.45, 7) is 0.0182. The fourth-order valence-corrected chi connectivity index (χ4v) is 1.80. The quantitative estimate of drug-likeness (QED) is 0.776. The van der Waals surface area contributed by atoms with E-state index in [0.717, 1.165) is 4.90 Å². The van der Waals surface area contributed by atoms with Crippen LogP contribution in [0.15, 0.2) is 34.3 Å². The fraction of sp³-hybridized carbons (Fsp3) is 0.0909. The van der Waals surface area contributed by atoms with E-state index in [2.05, 4.69) is 0 Å². The Bertz CT molecular complexity index is 501. The molecule has 0 saturated heterocycles. The third-order valence-electron chi connectivity index (χ3n) is 2.31. The van der Waals surface area contributed by atoms with E-state index >= 15 is 0 Å². The van der Waals surface area contributed by atoms with Gasteiger partial charge in [-0.3, -0.25) is 14.5 Å². The first kappa shape index (κ1) is 12.1. The normalized spacial score (nSPS) is 16.1. The molecule has 0 radical (unpaired) electrons. The number of imide groups is 1. The van der Waals surface area contributed by atoms with Crippen molar-refractivity contribution in [3.05, 3.63) is 45.7 Å². The predicted molar refractivity (Wildman–Crippen MR) is 60.7 cm³/mol. The zero-order valence-electron chi connectivity index (χ0n) is 8.41. The van der Waals surface area contributed by atoms with E-state index in [1.807, 2.05) is 0 Å². The number of halogens is 3. The molecule has 0 saturated carbocycles. The molecule has 0 atom stereocenters. The molecule has 1 aromatic rings. The summed E-state index contributed by atoms with van der Waals surface area (Å²) in [7, 11) is 0. The second-order valence-corrected chi connectivity index (χ2v) is 4.21. The highest BCUT2D eigenvalue weighted by atomic mass is 35.5. The molecule has 0 spiro atoms. The Morgan fingerprint density at radius 1 is 1.00 bits per heavy atom. The first-order valence-corrected chi connectivity index (χ1v) is 5.42. The first-order chi connectivity index (χ1) is 8.00. The summed E-state index contributed by atoms with van der Waals surface area (Å²) in [4.78, 5) is 24.0. The zero-order chi connectivity index (χ0) is 12.6. The van der Waals surface area contributed by atoms with E-state index in [0.29, 0.717) is 5.56 Å². The summed E-state index contributed by atoms with van der Waals surface area (Å²) < 4.78 is 12.7. The van der Waals surface area contributed by atoms with Gasteiger partial charge in [0.25, 0.3) is 11.8 Å². The molecule has 6 heteroatoms. The van der Waals surface area contributed by atoms with Crippen LogP contribution in [0.1, 0.15) is 5.56 Å². The largest absolute Gasteiger partial charge is 0.274 e. The van der Waals surface area contributed by atoms with Crippen molar-refractivity contribution >= 4 is 35.0 Å². The highest BCUT2D eigenvalue weighted by Crippen LogP contribution is 2.27. The maximum Gasteiger partial charge on any atom is 0.274 e. The Morgan fingerprint density at radius 2 is 1.47 bits per heavy atom. The number of hydrogen-bond donors (Lipinski definition) is 0. The van der Waals surface area contributed by atoms with Gasteiger partial charge in [-0.25, -0.2) is 4.39 Å². The molecule has 1 heterocycles. The summed E-state index contributed by atoms with van der Waals surface area (Å²) in [5, 5.41) is -0.558. The number of amides is 2. The lowest BCUT2D eigenvalue weighted by molar-refractivity contribution is -0.137. The van der Waals surface area contributed by atoms with Crippen LogP contribution < -0.4 is 0 Å². The Balaban J connectivity index is 2.19. The van der Waals surface area contributed by atoms with Gasteiger partial charge in [0, 0.05) is 0 Å². The average molecular weight is 274 g/mol. The van der Waals surface area contributed by atoms with E-state index in [1.54, 1.807) is 0 Å². The van der Waals surface area contributed by atoms with Gasteiger partial charge in [0.15, 0.2) is 0 Å². The molecule has 0 aliphatic carbocycles. The molecule has 1 aromatic carbocycles. The van der Waals surface area contributed by atoms with Gasteiger partial charge in [-0.15, -0.1) is 0 Å². The van der Waals surface area contributed by atoms with Crippen molar-refractivity contribution in [3.63, 3.8) is 0 Å². The summed E-state index contributed by atoms with van der Waals surface area (Å²) in [5.74, 6) is -1.65. The van der Waals surface area contributed by atoms with Crippen LogP contribution in [0.4, 0.5) is 4.39 Å². The van der Waals surface area contributed by atoms with Crippen LogP contribution in [0, 0.1) is 5.82 Å². The molecule has 88 valence electrons. The molecular weight excluding hydrogens is 268 g/mol. The van der Waals surface area contributed by atoms with Crippen molar-refractivity contribution in [1.82, 2.24) is 4.90 Å². The monoisotopic (exact) mass is 273 g/mol. The molecule has 1 aliphatic rings. The number of rotatable bonds is 2. The third-order valence-corrected chi connectivity index (χ3v) is 3.11. The maximum absolute atomic E-state index is 12.7. The van der Waals surface area contributed by atoms with Crippen molar-refractivity contribution in [2.45, 2.75) is 6.54 Å². The molecule has 0 fully saturated rings. The molecule has 1 aliphatic heterocycles. The van der Waals surface area contributed by atoms with Crippen LogP contribution in [0.25, 0.3) is 0 Å². The molecule has 0 N–H and O–H groups in total. The molecule has 0 unspecified atom stereocenters. The van der Waals surface area contributed by atoms with Crippen molar-refractivity contribution in [2.75, 3.05) is 0 Å². The van der Waals surface area contributed by atoms with E-state index in [4.69, 9.17) is 23.2 Å². The van der Waals surface area contributed by atoms with E-state index in [1.165, 1.54) is 24.3 Å². The zero-order valence-corrected chi connectivity index (χ0v) is 9.93. The SMILES string of the molecule is O=C1C(Cl)=C(Cl)C(=O)N1Cc1ccc(F)cc1. The van der Waals surface area contributed by atoms with Gasteiger partial charge in [-0.2, -0.15) is 0 Å². The van der Waals surface area contributed by atoms with Crippen LogP contribution in [0.3, 0.4) is 0 Å². The highest BCUT2D eigenvalue weighted by Gasteiger charge is 2.36.